The minimum absolute atomic E-state index is 0.105. The van der Waals surface area contributed by atoms with Crippen LogP contribution in [0.1, 0.15) is 29.8 Å². The number of carbonyl (C=O) groups is 1. The second-order valence-corrected chi connectivity index (χ2v) is 5.83. The first-order chi connectivity index (χ1) is 10.6. The average Bonchev–Trinajstić information content (AvgIpc) is 3.04. The van der Waals surface area contributed by atoms with Crippen molar-refractivity contribution in [3.8, 4) is 0 Å². The molecule has 3 unspecified atom stereocenters. The van der Waals surface area contributed by atoms with Gasteiger partial charge in [-0.05, 0) is 36.2 Å². The third kappa shape index (κ3) is 3.61. The summed E-state index contributed by atoms with van der Waals surface area (Å²) in [5, 5.41) is 16.0. The number of aliphatic hydroxyl groups excluding tert-OH is 1. The molecule has 0 aliphatic heterocycles. The lowest BCUT2D eigenvalue weighted by molar-refractivity contribution is 0.148. The van der Waals surface area contributed by atoms with Gasteiger partial charge in [-0.25, -0.2) is 4.79 Å². The lowest BCUT2D eigenvalue weighted by Crippen LogP contribution is -2.39. The Labute approximate surface area is 133 Å². The van der Waals surface area contributed by atoms with E-state index in [1.807, 2.05) is 24.3 Å². The highest BCUT2D eigenvalue weighted by molar-refractivity contribution is 6.30. The number of rotatable bonds is 5. The first-order valence-electron chi connectivity index (χ1n) is 7.15. The number of halogens is 1. The van der Waals surface area contributed by atoms with E-state index < -0.39 is 6.10 Å². The number of hydrogen-bond acceptors (Lipinski definition) is 3. The van der Waals surface area contributed by atoms with Crippen LogP contribution in [0.2, 0.25) is 5.02 Å². The van der Waals surface area contributed by atoms with Gasteiger partial charge < -0.3 is 20.2 Å². The first-order valence-corrected chi connectivity index (χ1v) is 7.52. The summed E-state index contributed by atoms with van der Waals surface area (Å²) < 4.78 is 5.07. The van der Waals surface area contributed by atoms with Gasteiger partial charge in [-0.1, -0.05) is 23.7 Å². The minimum atomic E-state index is -0.844. The topological polar surface area (TPSA) is 74.5 Å². The van der Waals surface area contributed by atoms with Gasteiger partial charge in [0, 0.05) is 17.0 Å². The van der Waals surface area contributed by atoms with Gasteiger partial charge in [-0.15, -0.1) is 0 Å². The summed E-state index contributed by atoms with van der Waals surface area (Å²) in [6, 6.07) is 10.9. The smallest absolute Gasteiger partial charge is 0.315 e. The molecule has 1 aromatic carbocycles. The third-order valence-corrected chi connectivity index (χ3v) is 3.95. The van der Waals surface area contributed by atoms with Gasteiger partial charge in [0.2, 0.25) is 0 Å². The van der Waals surface area contributed by atoms with Crippen molar-refractivity contribution in [3.63, 3.8) is 0 Å². The monoisotopic (exact) mass is 320 g/mol. The van der Waals surface area contributed by atoms with E-state index in [1.54, 1.807) is 12.1 Å². The van der Waals surface area contributed by atoms with E-state index in [9.17, 15) is 9.90 Å². The van der Waals surface area contributed by atoms with Gasteiger partial charge in [0.15, 0.2) is 0 Å². The predicted molar refractivity (Wildman–Crippen MR) is 82.8 cm³/mol. The third-order valence-electron chi connectivity index (χ3n) is 3.71. The van der Waals surface area contributed by atoms with Crippen molar-refractivity contribution >= 4 is 17.6 Å². The number of urea groups is 1. The zero-order valence-corrected chi connectivity index (χ0v) is 12.6. The zero-order chi connectivity index (χ0) is 15.5. The van der Waals surface area contributed by atoms with Gasteiger partial charge in [-0.2, -0.15) is 0 Å². The predicted octanol–water partition coefficient (Wildman–Crippen LogP) is 2.82. The van der Waals surface area contributed by atoms with E-state index in [4.69, 9.17) is 16.0 Å². The van der Waals surface area contributed by atoms with Gasteiger partial charge in [0.1, 0.15) is 11.9 Å². The number of furan rings is 1. The lowest BCUT2D eigenvalue weighted by Gasteiger charge is -2.10. The molecule has 1 saturated carbocycles. The Kier molecular flexibility index (Phi) is 4.36. The normalized spacial score (nSPS) is 21.2. The van der Waals surface area contributed by atoms with Crippen LogP contribution in [0.15, 0.2) is 47.1 Å². The second kappa shape index (κ2) is 6.42. The number of carbonyl (C=O) groups excluding carboxylic acids is 1. The molecule has 116 valence electrons. The van der Waals surface area contributed by atoms with E-state index in [0.29, 0.717) is 16.7 Å². The summed E-state index contributed by atoms with van der Waals surface area (Å²) in [7, 11) is 0. The molecule has 0 spiro atoms. The second-order valence-electron chi connectivity index (χ2n) is 5.39. The molecular formula is C16H17ClN2O3. The Hall–Kier alpha value is -1.98. The largest absolute Gasteiger partial charge is 0.467 e. The van der Waals surface area contributed by atoms with Crippen LogP contribution in [-0.4, -0.2) is 23.7 Å². The summed E-state index contributed by atoms with van der Waals surface area (Å²) in [6.45, 7) is 0.105. The molecule has 1 fully saturated rings. The standard InChI is InChI=1S/C16H17ClN2O3/c17-11-4-1-3-10(7-11)12-8-13(12)19-16(21)18-9-14(20)15-5-2-6-22-15/h1-7,12-14,20H,8-9H2,(H2,18,19,21). The maximum atomic E-state index is 11.8. The molecular weight excluding hydrogens is 304 g/mol. The molecule has 0 saturated heterocycles. The van der Waals surface area contributed by atoms with E-state index >= 15 is 0 Å². The van der Waals surface area contributed by atoms with Crippen LogP contribution >= 0.6 is 11.6 Å². The van der Waals surface area contributed by atoms with E-state index in [0.717, 1.165) is 12.0 Å². The van der Waals surface area contributed by atoms with Gasteiger partial charge in [0.05, 0.1) is 12.8 Å². The first kappa shape index (κ1) is 14.9. The fourth-order valence-electron chi connectivity index (χ4n) is 2.45. The Morgan fingerprint density at radius 3 is 3.00 bits per heavy atom. The number of aliphatic hydroxyl groups is 1. The molecule has 1 heterocycles. The summed E-state index contributed by atoms with van der Waals surface area (Å²) >= 11 is 5.97. The summed E-state index contributed by atoms with van der Waals surface area (Å²) in [4.78, 5) is 11.8. The molecule has 3 atom stereocenters. The van der Waals surface area contributed by atoms with Crippen LogP contribution in [-0.2, 0) is 0 Å². The summed E-state index contributed by atoms with van der Waals surface area (Å²) in [5.74, 6) is 0.739. The molecule has 5 nitrogen and oxygen atoms in total. The molecule has 3 N–H and O–H groups in total. The highest BCUT2D eigenvalue weighted by Crippen LogP contribution is 2.41. The Bertz CT molecular complexity index is 645. The molecule has 1 aliphatic carbocycles. The molecule has 1 aliphatic rings. The van der Waals surface area contributed by atoms with E-state index in [1.165, 1.54) is 6.26 Å². The highest BCUT2D eigenvalue weighted by Gasteiger charge is 2.39. The molecule has 2 amide bonds. The highest BCUT2D eigenvalue weighted by atomic mass is 35.5. The number of hydrogen-bond donors (Lipinski definition) is 3. The maximum Gasteiger partial charge on any atom is 0.315 e. The number of amides is 2. The molecule has 2 aromatic rings. The molecule has 3 rings (SSSR count). The van der Waals surface area contributed by atoms with Crippen LogP contribution in [0.4, 0.5) is 4.79 Å². The van der Waals surface area contributed by atoms with Crippen molar-refractivity contribution in [1.29, 1.82) is 0 Å². The van der Waals surface area contributed by atoms with Gasteiger partial charge >= 0.3 is 6.03 Å². The number of nitrogens with one attached hydrogen (secondary N) is 2. The molecule has 0 bridgehead atoms. The zero-order valence-electron chi connectivity index (χ0n) is 11.8. The Morgan fingerprint density at radius 1 is 1.41 bits per heavy atom. The van der Waals surface area contributed by atoms with Gasteiger partial charge in [0.25, 0.3) is 0 Å². The lowest BCUT2D eigenvalue weighted by atomic mass is 10.1. The fraction of sp³-hybridized carbons (Fsp3) is 0.312. The van der Waals surface area contributed by atoms with Crippen LogP contribution in [0, 0.1) is 0 Å². The quantitative estimate of drug-likeness (QED) is 0.793. The molecule has 22 heavy (non-hydrogen) atoms. The minimum Gasteiger partial charge on any atom is -0.467 e. The van der Waals surface area contributed by atoms with E-state index in [2.05, 4.69) is 10.6 Å². The van der Waals surface area contributed by atoms with Crippen LogP contribution in [0.3, 0.4) is 0 Å². The molecule has 0 radical (unpaired) electrons. The van der Waals surface area contributed by atoms with Crippen molar-refractivity contribution in [1.82, 2.24) is 10.6 Å². The van der Waals surface area contributed by atoms with Crippen molar-refractivity contribution < 1.29 is 14.3 Å². The number of benzene rings is 1. The van der Waals surface area contributed by atoms with Crippen molar-refractivity contribution in [2.45, 2.75) is 24.5 Å². The van der Waals surface area contributed by atoms with Crippen molar-refractivity contribution in [3.05, 3.63) is 59.0 Å². The maximum absolute atomic E-state index is 11.8. The van der Waals surface area contributed by atoms with Crippen LogP contribution in [0.25, 0.3) is 0 Å². The Morgan fingerprint density at radius 2 is 2.27 bits per heavy atom. The van der Waals surface area contributed by atoms with Gasteiger partial charge in [-0.3, -0.25) is 0 Å². The van der Waals surface area contributed by atoms with Crippen molar-refractivity contribution in [2.75, 3.05) is 6.54 Å². The molecule has 6 heteroatoms. The van der Waals surface area contributed by atoms with E-state index in [-0.39, 0.29) is 18.6 Å². The Balaban J connectivity index is 1.44. The summed E-state index contributed by atoms with van der Waals surface area (Å²) in [6.07, 6.45) is 1.54. The van der Waals surface area contributed by atoms with Crippen LogP contribution < -0.4 is 10.6 Å². The summed E-state index contributed by atoms with van der Waals surface area (Å²) in [5.41, 5.74) is 1.13. The molecule has 1 aromatic heterocycles. The van der Waals surface area contributed by atoms with Crippen LogP contribution in [0.5, 0.6) is 0 Å². The van der Waals surface area contributed by atoms with Crippen molar-refractivity contribution in [2.24, 2.45) is 0 Å². The fourth-order valence-corrected chi connectivity index (χ4v) is 2.65. The average molecular weight is 321 g/mol. The SMILES string of the molecule is O=C(NCC(O)c1ccco1)NC1CC1c1cccc(Cl)c1.